The highest BCUT2D eigenvalue weighted by Crippen LogP contribution is 2.04. The molecule has 0 saturated heterocycles. The van der Waals surface area contributed by atoms with Crippen LogP contribution < -0.4 is 11.2 Å². The van der Waals surface area contributed by atoms with E-state index in [9.17, 15) is 9.59 Å². The number of hydroxylamine groups is 1. The molecule has 0 heterocycles. The highest BCUT2D eigenvalue weighted by molar-refractivity contribution is 5.74. The second-order valence-electron chi connectivity index (χ2n) is 2.92. The fraction of sp³-hybridized carbons (Fsp3) is 0.750. The van der Waals surface area contributed by atoms with Crippen LogP contribution in [0.25, 0.3) is 0 Å². The first-order valence-electron chi connectivity index (χ1n) is 4.38. The molecule has 0 aromatic heterocycles. The number of nitrogens with one attached hydrogen (secondary N) is 1. The number of hydrogen-bond donors (Lipinski definition) is 3. The van der Waals surface area contributed by atoms with E-state index in [0.717, 1.165) is 25.7 Å². The molecule has 5 nitrogen and oxygen atoms in total. The van der Waals surface area contributed by atoms with Crippen LogP contribution in [-0.4, -0.2) is 17.0 Å². The average molecular weight is 188 g/mol. The number of rotatable bonds is 7. The molecule has 0 saturated carbocycles. The van der Waals surface area contributed by atoms with Crippen molar-refractivity contribution in [1.82, 2.24) is 5.48 Å². The van der Waals surface area contributed by atoms with E-state index in [1.165, 1.54) is 0 Å². The van der Waals surface area contributed by atoms with Gasteiger partial charge in [-0.2, -0.15) is 0 Å². The average Bonchev–Trinajstić information content (AvgIpc) is 2.10. The van der Waals surface area contributed by atoms with Crippen molar-refractivity contribution in [1.29, 1.82) is 0 Å². The Hall–Kier alpha value is -1.10. The van der Waals surface area contributed by atoms with Crippen LogP contribution >= 0.6 is 0 Å². The summed E-state index contributed by atoms with van der Waals surface area (Å²) in [6, 6.07) is 0. The molecule has 0 aromatic rings. The molecule has 0 unspecified atom stereocenters. The van der Waals surface area contributed by atoms with Crippen LogP contribution in [0.3, 0.4) is 0 Å². The summed E-state index contributed by atoms with van der Waals surface area (Å²) < 4.78 is 0. The number of unbranched alkanes of at least 4 members (excludes halogenated alkanes) is 3. The highest BCUT2D eigenvalue weighted by atomic mass is 16.5. The van der Waals surface area contributed by atoms with Gasteiger partial charge in [0.1, 0.15) is 0 Å². The minimum absolute atomic E-state index is 0.284. The van der Waals surface area contributed by atoms with Crippen molar-refractivity contribution in [3.8, 4) is 0 Å². The van der Waals surface area contributed by atoms with Gasteiger partial charge in [-0.05, 0) is 12.8 Å². The van der Waals surface area contributed by atoms with E-state index in [1.807, 2.05) is 0 Å². The summed E-state index contributed by atoms with van der Waals surface area (Å²) >= 11 is 0. The van der Waals surface area contributed by atoms with Crippen LogP contribution in [0.1, 0.15) is 38.5 Å². The van der Waals surface area contributed by atoms with Crippen molar-refractivity contribution >= 4 is 11.8 Å². The summed E-state index contributed by atoms with van der Waals surface area (Å²) in [4.78, 5) is 20.8. The first-order chi connectivity index (χ1) is 6.16. The number of hydrogen-bond acceptors (Lipinski definition) is 3. The lowest BCUT2D eigenvalue weighted by molar-refractivity contribution is -0.129. The Bertz CT molecular complexity index is 171. The summed E-state index contributed by atoms with van der Waals surface area (Å²) in [5.41, 5.74) is 6.50. The molecule has 0 radical (unpaired) electrons. The molecule has 4 N–H and O–H groups in total. The van der Waals surface area contributed by atoms with E-state index in [1.54, 1.807) is 5.48 Å². The second kappa shape index (κ2) is 7.54. The Morgan fingerprint density at radius 3 is 2.08 bits per heavy atom. The van der Waals surface area contributed by atoms with Crippen molar-refractivity contribution < 1.29 is 14.8 Å². The van der Waals surface area contributed by atoms with Crippen LogP contribution in [0, 0.1) is 0 Å². The van der Waals surface area contributed by atoms with E-state index < -0.39 is 0 Å². The zero-order chi connectivity index (χ0) is 10.1. The van der Waals surface area contributed by atoms with Gasteiger partial charge in [-0.15, -0.1) is 0 Å². The van der Waals surface area contributed by atoms with Crippen LogP contribution in [0.15, 0.2) is 0 Å². The van der Waals surface area contributed by atoms with Crippen LogP contribution in [0.2, 0.25) is 0 Å². The molecule has 0 atom stereocenters. The summed E-state index contributed by atoms with van der Waals surface area (Å²) in [5.74, 6) is -0.650. The van der Waals surface area contributed by atoms with Gasteiger partial charge in [0.25, 0.3) is 0 Å². The van der Waals surface area contributed by atoms with Crippen molar-refractivity contribution in [2.75, 3.05) is 0 Å². The third-order valence-corrected chi connectivity index (χ3v) is 1.70. The summed E-state index contributed by atoms with van der Waals surface area (Å²) in [7, 11) is 0. The first-order valence-corrected chi connectivity index (χ1v) is 4.38. The third kappa shape index (κ3) is 8.81. The SMILES string of the molecule is NC(=O)CCCCCCC(=O)NO. The molecule has 5 heteroatoms. The van der Waals surface area contributed by atoms with E-state index in [0.29, 0.717) is 12.8 Å². The monoisotopic (exact) mass is 188 g/mol. The Balaban J connectivity index is 3.08. The molecule has 0 aliphatic carbocycles. The summed E-state index contributed by atoms with van der Waals surface area (Å²) in [6.45, 7) is 0. The zero-order valence-corrected chi connectivity index (χ0v) is 7.58. The predicted octanol–water partition coefficient (Wildman–Crippen LogP) is 0.318. The first kappa shape index (κ1) is 11.9. The Kier molecular flexibility index (Phi) is 6.91. The topological polar surface area (TPSA) is 92.4 Å². The lowest BCUT2D eigenvalue weighted by Crippen LogP contribution is -2.17. The Morgan fingerprint density at radius 1 is 1.08 bits per heavy atom. The molecule has 0 bridgehead atoms. The molecule has 13 heavy (non-hydrogen) atoms. The maximum Gasteiger partial charge on any atom is 0.243 e. The lowest BCUT2D eigenvalue weighted by Gasteiger charge is -1.98. The molecule has 76 valence electrons. The normalized spacial score (nSPS) is 9.62. The fourth-order valence-corrected chi connectivity index (χ4v) is 0.994. The van der Waals surface area contributed by atoms with Crippen LogP contribution in [0.5, 0.6) is 0 Å². The molecule has 0 aromatic carbocycles. The van der Waals surface area contributed by atoms with E-state index >= 15 is 0 Å². The standard InChI is InChI=1S/C8H16N2O3/c9-7(11)5-3-1-2-4-6-8(12)10-13/h13H,1-6H2,(H2,9,11)(H,10,12). The smallest absolute Gasteiger partial charge is 0.243 e. The van der Waals surface area contributed by atoms with Crippen molar-refractivity contribution in [2.45, 2.75) is 38.5 Å². The predicted molar refractivity (Wildman–Crippen MR) is 46.8 cm³/mol. The van der Waals surface area contributed by atoms with E-state index in [4.69, 9.17) is 10.9 Å². The molecular weight excluding hydrogens is 172 g/mol. The largest absolute Gasteiger partial charge is 0.370 e. The van der Waals surface area contributed by atoms with E-state index in [2.05, 4.69) is 0 Å². The molecular formula is C8H16N2O3. The van der Waals surface area contributed by atoms with Gasteiger partial charge in [-0.25, -0.2) is 5.48 Å². The highest BCUT2D eigenvalue weighted by Gasteiger charge is 1.98. The van der Waals surface area contributed by atoms with Gasteiger partial charge in [0.05, 0.1) is 0 Å². The maximum absolute atomic E-state index is 10.5. The molecule has 2 amide bonds. The summed E-state index contributed by atoms with van der Waals surface area (Å²) in [6.07, 6.45) is 4.00. The van der Waals surface area contributed by atoms with Crippen molar-refractivity contribution in [2.24, 2.45) is 5.73 Å². The number of nitrogens with two attached hydrogens (primary N) is 1. The minimum Gasteiger partial charge on any atom is -0.370 e. The lowest BCUT2D eigenvalue weighted by atomic mass is 10.1. The van der Waals surface area contributed by atoms with Crippen LogP contribution in [0.4, 0.5) is 0 Å². The van der Waals surface area contributed by atoms with Gasteiger partial charge >= 0.3 is 0 Å². The number of carbonyl (C=O) groups excluding carboxylic acids is 2. The third-order valence-electron chi connectivity index (χ3n) is 1.70. The molecule has 0 fully saturated rings. The molecule has 0 aliphatic rings. The molecule has 0 aliphatic heterocycles. The van der Waals surface area contributed by atoms with Gasteiger partial charge in [-0.3, -0.25) is 14.8 Å². The van der Waals surface area contributed by atoms with Gasteiger partial charge < -0.3 is 5.73 Å². The summed E-state index contributed by atoms with van der Waals surface area (Å²) in [5, 5.41) is 8.15. The Labute approximate surface area is 77.3 Å². The molecule has 0 rings (SSSR count). The van der Waals surface area contributed by atoms with Gasteiger partial charge in [0, 0.05) is 12.8 Å². The quantitative estimate of drug-likeness (QED) is 0.305. The minimum atomic E-state index is -0.366. The van der Waals surface area contributed by atoms with Crippen LogP contribution in [-0.2, 0) is 9.59 Å². The number of amides is 2. The van der Waals surface area contributed by atoms with E-state index in [-0.39, 0.29) is 11.8 Å². The van der Waals surface area contributed by atoms with Crippen molar-refractivity contribution in [3.05, 3.63) is 0 Å². The number of primary amides is 1. The number of carbonyl (C=O) groups is 2. The Morgan fingerprint density at radius 2 is 1.62 bits per heavy atom. The maximum atomic E-state index is 10.5. The zero-order valence-electron chi connectivity index (χ0n) is 7.58. The molecule has 0 spiro atoms. The van der Waals surface area contributed by atoms with Gasteiger partial charge in [0.15, 0.2) is 0 Å². The van der Waals surface area contributed by atoms with Gasteiger partial charge in [0.2, 0.25) is 11.8 Å². The van der Waals surface area contributed by atoms with Crippen molar-refractivity contribution in [3.63, 3.8) is 0 Å². The fourth-order valence-electron chi connectivity index (χ4n) is 0.994. The van der Waals surface area contributed by atoms with Gasteiger partial charge in [-0.1, -0.05) is 12.8 Å². The second-order valence-corrected chi connectivity index (χ2v) is 2.92.